The van der Waals surface area contributed by atoms with Gasteiger partial charge in [0, 0.05) is 32.4 Å². The van der Waals surface area contributed by atoms with Crippen molar-refractivity contribution in [2.45, 2.75) is 33.1 Å². The summed E-state index contributed by atoms with van der Waals surface area (Å²) in [6.07, 6.45) is 4.15. The summed E-state index contributed by atoms with van der Waals surface area (Å²) in [5.74, 6) is -0.426. The molecular weight excluding hydrogens is 356 g/mol. The van der Waals surface area contributed by atoms with E-state index >= 15 is 0 Å². The lowest BCUT2D eigenvalue weighted by atomic mass is 10.2. The first-order valence-electron chi connectivity index (χ1n) is 7.79. The van der Waals surface area contributed by atoms with Gasteiger partial charge in [0.25, 0.3) is 0 Å². The van der Waals surface area contributed by atoms with Gasteiger partial charge in [-0.15, -0.1) is 22.7 Å². The molecule has 2 heterocycles. The fourth-order valence-corrected chi connectivity index (χ4v) is 3.40. The molecule has 6 nitrogen and oxygen atoms in total. The van der Waals surface area contributed by atoms with Crippen LogP contribution in [0, 0.1) is 13.8 Å². The highest BCUT2D eigenvalue weighted by atomic mass is 32.1. The topological polar surface area (TPSA) is 82.9 Å². The zero-order valence-corrected chi connectivity index (χ0v) is 15.7. The van der Waals surface area contributed by atoms with Crippen molar-refractivity contribution in [2.75, 3.05) is 0 Å². The summed E-state index contributed by atoms with van der Waals surface area (Å²) in [6.45, 7) is 4.02. The molecule has 2 N–H and O–H groups in total. The van der Waals surface area contributed by atoms with E-state index in [9.17, 15) is 9.59 Å². The molecule has 0 aliphatic rings. The van der Waals surface area contributed by atoms with E-state index in [1.165, 1.54) is 9.75 Å². The minimum atomic E-state index is -0.213. The molecule has 0 fully saturated rings. The summed E-state index contributed by atoms with van der Waals surface area (Å²) in [4.78, 5) is 27.6. The van der Waals surface area contributed by atoms with E-state index in [4.69, 9.17) is 0 Å². The van der Waals surface area contributed by atoms with Crippen molar-refractivity contribution in [2.24, 2.45) is 10.2 Å². The highest BCUT2D eigenvalue weighted by Gasteiger charge is 2.04. The summed E-state index contributed by atoms with van der Waals surface area (Å²) in [5, 5.41) is 7.80. The average Bonchev–Trinajstić information content (AvgIpc) is 3.16. The SMILES string of the molecule is Cc1ccc(C=NNC(=O)CCCC(=O)NN=Cc2ccc(C)s2)s1. The number of carbonyl (C=O) groups is 2. The van der Waals surface area contributed by atoms with Gasteiger partial charge in [-0.25, -0.2) is 10.9 Å². The Morgan fingerprint density at radius 1 is 0.880 bits per heavy atom. The van der Waals surface area contributed by atoms with Gasteiger partial charge >= 0.3 is 0 Å². The quantitative estimate of drug-likeness (QED) is 0.548. The van der Waals surface area contributed by atoms with Gasteiger partial charge in [-0.2, -0.15) is 10.2 Å². The molecule has 2 amide bonds. The summed E-state index contributed by atoms with van der Waals surface area (Å²) >= 11 is 3.20. The minimum absolute atomic E-state index is 0.213. The molecule has 0 aliphatic heterocycles. The number of hydrogen-bond donors (Lipinski definition) is 2. The van der Waals surface area contributed by atoms with E-state index in [-0.39, 0.29) is 24.7 Å². The molecular formula is C17H20N4O2S2. The summed E-state index contributed by atoms with van der Waals surface area (Å²) in [7, 11) is 0. The van der Waals surface area contributed by atoms with E-state index in [2.05, 4.69) is 21.1 Å². The van der Waals surface area contributed by atoms with Gasteiger partial charge < -0.3 is 0 Å². The van der Waals surface area contributed by atoms with Crippen molar-refractivity contribution in [1.82, 2.24) is 10.9 Å². The largest absolute Gasteiger partial charge is 0.273 e. The maximum Gasteiger partial charge on any atom is 0.240 e. The Labute approximate surface area is 154 Å². The first-order valence-corrected chi connectivity index (χ1v) is 9.43. The molecule has 0 radical (unpaired) electrons. The van der Waals surface area contributed by atoms with E-state index in [1.807, 2.05) is 38.1 Å². The Kier molecular flexibility index (Phi) is 7.49. The Balaban J connectivity index is 1.59. The molecule has 2 aromatic heterocycles. The number of thiophene rings is 2. The van der Waals surface area contributed by atoms with Crippen LogP contribution in [-0.2, 0) is 9.59 Å². The van der Waals surface area contributed by atoms with Crippen LogP contribution in [-0.4, -0.2) is 24.2 Å². The van der Waals surface area contributed by atoms with Crippen LogP contribution in [0.3, 0.4) is 0 Å². The number of aryl methyl sites for hydroxylation is 2. The first-order chi connectivity index (χ1) is 12.0. The van der Waals surface area contributed by atoms with Crippen LogP contribution in [0.15, 0.2) is 34.5 Å². The van der Waals surface area contributed by atoms with Crippen LogP contribution >= 0.6 is 22.7 Å². The fourth-order valence-electron chi connectivity index (χ4n) is 1.90. The van der Waals surface area contributed by atoms with Crippen LogP contribution in [0.1, 0.15) is 38.8 Å². The molecule has 0 saturated heterocycles. The highest BCUT2D eigenvalue weighted by Crippen LogP contribution is 2.12. The zero-order chi connectivity index (χ0) is 18.1. The van der Waals surface area contributed by atoms with Crippen LogP contribution in [0.2, 0.25) is 0 Å². The maximum atomic E-state index is 11.6. The van der Waals surface area contributed by atoms with Gasteiger partial charge in [-0.1, -0.05) is 0 Å². The zero-order valence-electron chi connectivity index (χ0n) is 14.1. The molecule has 8 heteroatoms. The monoisotopic (exact) mass is 376 g/mol. The summed E-state index contributed by atoms with van der Waals surface area (Å²) in [6, 6.07) is 7.87. The van der Waals surface area contributed by atoms with E-state index in [1.54, 1.807) is 35.1 Å². The van der Waals surface area contributed by atoms with Crippen molar-refractivity contribution in [3.8, 4) is 0 Å². The molecule has 25 heavy (non-hydrogen) atoms. The van der Waals surface area contributed by atoms with Crippen molar-refractivity contribution >= 4 is 46.9 Å². The molecule has 0 aromatic carbocycles. The molecule has 0 atom stereocenters. The van der Waals surface area contributed by atoms with Crippen molar-refractivity contribution < 1.29 is 9.59 Å². The number of rotatable bonds is 8. The molecule has 2 rings (SSSR count). The lowest BCUT2D eigenvalue weighted by Gasteiger charge is -2.00. The minimum Gasteiger partial charge on any atom is -0.273 e. The van der Waals surface area contributed by atoms with E-state index in [0.29, 0.717) is 6.42 Å². The smallest absolute Gasteiger partial charge is 0.240 e. The standard InChI is InChI=1S/C17H20N4O2S2/c1-12-6-8-14(24-12)10-18-20-16(22)4-3-5-17(23)21-19-11-15-9-7-13(2)25-15/h6-11H,3-5H2,1-2H3,(H,20,22)(H,21,23). The second kappa shape index (κ2) is 9.85. The Hall–Kier alpha value is -2.32. The number of hydrogen-bond acceptors (Lipinski definition) is 6. The Morgan fingerprint density at radius 3 is 1.68 bits per heavy atom. The predicted octanol–water partition coefficient (Wildman–Crippen LogP) is 3.20. The third-order valence-electron chi connectivity index (χ3n) is 3.09. The van der Waals surface area contributed by atoms with Gasteiger partial charge in [-0.3, -0.25) is 9.59 Å². The number of nitrogens with zero attached hydrogens (tertiary/aromatic N) is 2. The lowest BCUT2D eigenvalue weighted by Crippen LogP contribution is -2.20. The average molecular weight is 377 g/mol. The van der Waals surface area contributed by atoms with E-state index in [0.717, 1.165) is 9.75 Å². The third kappa shape index (κ3) is 7.40. The molecule has 0 spiro atoms. The van der Waals surface area contributed by atoms with Crippen molar-refractivity contribution in [3.05, 3.63) is 43.8 Å². The molecule has 2 aromatic rings. The third-order valence-corrected chi connectivity index (χ3v) is 4.96. The van der Waals surface area contributed by atoms with Gasteiger partial charge in [0.1, 0.15) is 0 Å². The van der Waals surface area contributed by atoms with Gasteiger partial charge in [0.2, 0.25) is 11.8 Å². The summed E-state index contributed by atoms with van der Waals surface area (Å²) in [5.41, 5.74) is 4.92. The number of nitrogens with one attached hydrogen (secondary N) is 2. The molecule has 0 bridgehead atoms. The van der Waals surface area contributed by atoms with Gasteiger partial charge in [0.05, 0.1) is 12.4 Å². The summed E-state index contributed by atoms with van der Waals surface area (Å²) < 4.78 is 0. The van der Waals surface area contributed by atoms with E-state index < -0.39 is 0 Å². The van der Waals surface area contributed by atoms with Gasteiger partial charge in [-0.05, 0) is 44.5 Å². The number of carbonyl (C=O) groups excluding carboxylic acids is 2. The van der Waals surface area contributed by atoms with Gasteiger partial charge in [0.15, 0.2) is 0 Å². The van der Waals surface area contributed by atoms with Crippen LogP contribution in [0.25, 0.3) is 0 Å². The molecule has 0 aliphatic carbocycles. The number of amides is 2. The highest BCUT2D eigenvalue weighted by molar-refractivity contribution is 7.13. The normalized spacial score (nSPS) is 11.3. The van der Waals surface area contributed by atoms with Crippen LogP contribution < -0.4 is 10.9 Å². The fraction of sp³-hybridized carbons (Fsp3) is 0.294. The van der Waals surface area contributed by atoms with Crippen LogP contribution in [0.5, 0.6) is 0 Å². The lowest BCUT2D eigenvalue weighted by molar-refractivity contribution is -0.122. The Bertz CT molecular complexity index is 713. The van der Waals surface area contributed by atoms with Crippen LogP contribution in [0.4, 0.5) is 0 Å². The maximum absolute atomic E-state index is 11.6. The predicted molar refractivity (Wildman–Crippen MR) is 103 cm³/mol. The van der Waals surface area contributed by atoms with Crippen molar-refractivity contribution in [1.29, 1.82) is 0 Å². The second-order valence-corrected chi connectivity index (χ2v) is 7.98. The van der Waals surface area contributed by atoms with Crippen molar-refractivity contribution in [3.63, 3.8) is 0 Å². The Morgan fingerprint density at radius 2 is 1.32 bits per heavy atom. The second-order valence-electron chi connectivity index (χ2n) is 5.34. The number of hydrazone groups is 2. The molecule has 0 saturated carbocycles. The molecule has 0 unspecified atom stereocenters. The molecule has 132 valence electrons. The first kappa shape index (κ1) is 19.0.